The SMILES string of the molecule is CN1C=C(C(N)=O)CN1F. The Balaban J connectivity index is 2.67. The molecule has 0 aromatic rings. The van der Waals surface area contributed by atoms with Gasteiger partial charge in [0.05, 0.1) is 12.1 Å². The van der Waals surface area contributed by atoms with Crippen molar-refractivity contribution >= 4 is 5.91 Å². The number of halogens is 1. The normalized spacial score (nSPS) is 19.4. The first-order chi connectivity index (χ1) is 4.61. The number of amides is 1. The molecule has 1 aliphatic rings. The second-order valence-corrected chi connectivity index (χ2v) is 2.09. The lowest BCUT2D eigenvalue weighted by Gasteiger charge is -2.12. The number of hydrogen-bond donors (Lipinski definition) is 1. The number of carbonyl (C=O) groups excluding carboxylic acids is 1. The zero-order chi connectivity index (χ0) is 7.72. The van der Waals surface area contributed by atoms with Gasteiger partial charge in [-0.2, -0.15) is 0 Å². The number of carbonyl (C=O) groups is 1. The molecule has 0 saturated carbocycles. The van der Waals surface area contributed by atoms with Crippen LogP contribution >= 0.6 is 0 Å². The lowest BCUT2D eigenvalue weighted by Crippen LogP contribution is -2.24. The molecule has 1 heterocycles. The van der Waals surface area contributed by atoms with Crippen LogP contribution in [-0.2, 0) is 4.79 Å². The molecule has 0 fully saturated rings. The highest BCUT2D eigenvalue weighted by atomic mass is 19.2. The number of hydrazine groups is 1. The number of nitrogens with two attached hydrogens (primary N) is 1. The highest BCUT2D eigenvalue weighted by Gasteiger charge is 2.21. The van der Waals surface area contributed by atoms with Gasteiger partial charge >= 0.3 is 0 Å². The summed E-state index contributed by atoms with van der Waals surface area (Å²) >= 11 is 0. The molecule has 0 aromatic carbocycles. The van der Waals surface area contributed by atoms with E-state index in [9.17, 15) is 9.28 Å². The fraction of sp³-hybridized carbons (Fsp3) is 0.400. The fourth-order valence-corrected chi connectivity index (χ4v) is 0.723. The maximum Gasteiger partial charge on any atom is 0.247 e. The Morgan fingerprint density at radius 2 is 2.50 bits per heavy atom. The minimum Gasteiger partial charge on any atom is -0.366 e. The van der Waals surface area contributed by atoms with Crippen LogP contribution in [0.5, 0.6) is 0 Å². The van der Waals surface area contributed by atoms with Gasteiger partial charge in [0.1, 0.15) is 0 Å². The predicted molar refractivity (Wildman–Crippen MR) is 32.9 cm³/mol. The van der Waals surface area contributed by atoms with Crippen LogP contribution in [0.15, 0.2) is 11.8 Å². The zero-order valence-electron chi connectivity index (χ0n) is 5.54. The molecule has 1 rings (SSSR count). The van der Waals surface area contributed by atoms with Crippen molar-refractivity contribution in [1.29, 1.82) is 0 Å². The zero-order valence-corrected chi connectivity index (χ0v) is 5.54. The minimum atomic E-state index is -0.577. The van der Waals surface area contributed by atoms with Gasteiger partial charge < -0.3 is 5.73 Å². The van der Waals surface area contributed by atoms with Gasteiger partial charge in [-0.15, -0.1) is 4.48 Å². The molecule has 0 bridgehead atoms. The van der Waals surface area contributed by atoms with E-state index < -0.39 is 5.91 Å². The Labute approximate surface area is 57.6 Å². The van der Waals surface area contributed by atoms with Crippen molar-refractivity contribution in [1.82, 2.24) is 10.2 Å². The first kappa shape index (κ1) is 7.01. The largest absolute Gasteiger partial charge is 0.366 e. The number of nitrogens with zero attached hydrogens (tertiary/aromatic N) is 2. The van der Waals surface area contributed by atoms with Crippen molar-refractivity contribution in [3.63, 3.8) is 0 Å². The van der Waals surface area contributed by atoms with Crippen molar-refractivity contribution in [2.45, 2.75) is 0 Å². The van der Waals surface area contributed by atoms with Gasteiger partial charge in [-0.05, 0) is 0 Å². The third kappa shape index (κ3) is 1.08. The monoisotopic (exact) mass is 145 g/mol. The first-order valence-electron chi connectivity index (χ1n) is 2.78. The molecule has 0 unspecified atom stereocenters. The second kappa shape index (κ2) is 2.26. The minimum absolute atomic E-state index is 0.0498. The van der Waals surface area contributed by atoms with E-state index in [-0.39, 0.29) is 12.1 Å². The Morgan fingerprint density at radius 1 is 1.90 bits per heavy atom. The summed E-state index contributed by atoms with van der Waals surface area (Å²) in [5, 5.41) is 1.57. The summed E-state index contributed by atoms with van der Waals surface area (Å²) in [6, 6.07) is 0. The summed E-state index contributed by atoms with van der Waals surface area (Å²) in [6.07, 6.45) is 1.36. The molecule has 4 nitrogen and oxygen atoms in total. The van der Waals surface area contributed by atoms with Gasteiger partial charge in [-0.3, -0.25) is 9.80 Å². The van der Waals surface area contributed by atoms with Gasteiger partial charge in [-0.25, -0.2) is 0 Å². The molecule has 1 amide bonds. The number of rotatable bonds is 1. The molecule has 0 aromatic heterocycles. The Hall–Kier alpha value is -1.10. The standard InChI is InChI=1S/C5H8FN3O/c1-8-2-4(5(7)10)3-9(8)6/h2H,3H2,1H3,(H2,7,10). The molecular weight excluding hydrogens is 137 g/mol. The molecule has 0 saturated heterocycles. The second-order valence-electron chi connectivity index (χ2n) is 2.09. The molecular formula is C5H8FN3O. The van der Waals surface area contributed by atoms with E-state index in [1.165, 1.54) is 18.3 Å². The van der Waals surface area contributed by atoms with Gasteiger partial charge in [0, 0.05) is 13.2 Å². The summed E-state index contributed by atoms with van der Waals surface area (Å²) < 4.78 is 12.4. The van der Waals surface area contributed by atoms with E-state index in [4.69, 9.17) is 5.73 Å². The molecule has 0 atom stereocenters. The molecule has 0 aliphatic carbocycles. The van der Waals surface area contributed by atoms with E-state index in [0.29, 0.717) is 5.23 Å². The smallest absolute Gasteiger partial charge is 0.247 e. The summed E-state index contributed by atoms with van der Waals surface area (Å²) in [6.45, 7) is -0.0498. The van der Waals surface area contributed by atoms with Crippen LogP contribution in [0.3, 0.4) is 0 Å². The van der Waals surface area contributed by atoms with E-state index >= 15 is 0 Å². The maximum atomic E-state index is 12.4. The number of primary amides is 1. The molecule has 5 heteroatoms. The summed E-state index contributed by atoms with van der Waals surface area (Å²) in [5.41, 5.74) is 5.18. The molecule has 0 radical (unpaired) electrons. The van der Waals surface area contributed by atoms with Crippen molar-refractivity contribution in [2.75, 3.05) is 13.6 Å². The molecule has 2 N–H and O–H groups in total. The van der Waals surface area contributed by atoms with Crippen LogP contribution in [0.4, 0.5) is 4.48 Å². The first-order valence-corrected chi connectivity index (χ1v) is 2.78. The van der Waals surface area contributed by atoms with Crippen molar-refractivity contribution in [2.24, 2.45) is 5.73 Å². The molecule has 56 valence electrons. The topological polar surface area (TPSA) is 49.6 Å². The Morgan fingerprint density at radius 3 is 2.70 bits per heavy atom. The molecule has 1 aliphatic heterocycles. The summed E-state index contributed by atoms with van der Waals surface area (Å²) in [7, 11) is 1.50. The van der Waals surface area contributed by atoms with E-state index in [1.54, 1.807) is 0 Å². The number of hydrogen-bond acceptors (Lipinski definition) is 3. The summed E-state index contributed by atoms with van der Waals surface area (Å²) in [4.78, 5) is 10.4. The quantitative estimate of drug-likeness (QED) is 0.501. The van der Waals surface area contributed by atoms with E-state index in [0.717, 1.165) is 0 Å². The average molecular weight is 145 g/mol. The van der Waals surface area contributed by atoms with Crippen LogP contribution in [0.2, 0.25) is 0 Å². The summed E-state index contributed by atoms with van der Waals surface area (Å²) in [5.74, 6) is -0.577. The fourth-order valence-electron chi connectivity index (χ4n) is 0.723. The van der Waals surface area contributed by atoms with E-state index in [1.807, 2.05) is 0 Å². The van der Waals surface area contributed by atoms with Gasteiger partial charge in [0.2, 0.25) is 5.91 Å². The van der Waals surface area contributed by atoms with Crippen molar-refractivity contribution in [3.05, 3.63) is 11.8 Å². The van der Waals surface area contributed by atoms with Crippen LogP contribution in [0.25, 0.3) is 0 Å². The van der Waals surface area contributed by atoms with Crippen molar-refractivity contribution < 1.29 is 9.28 Å². The molecule has 10 heavy (non-hydrogen) atoms. The van der Waals surface area contributed by atoms with Crippen LogP contribution in [0.1, 0.15) is 0 Å². The third-order valence-corrected chi connectivity index (χ3v) is 1.30. The van der Waals surface area contributed by atoms with Crippen LogP contribution in [-0.4, -0.2) is 29.7 Å². The molecule has 0 spiro atoms. The lowest BCUT2D eigenvalue weighted by molar-refractivity contribution is -0.118. The van der Waals surface area contributed by atoms with Crippen LogP contribution in [0, 0.1) is 0 Å². The lowest BCUT2D eigenvalue weighted by atomic mass is 10.3. The van der Waals surface area contributed by atoms with Crippen LogP contribution < -0.4 is 5.73 Å². The van der Waals surface area contributed by atoms with E-state index in [2.05, 4.69) is 0 Å². The highest BCUT2D eigenvalue weighted by molar-refractivity contribution is 5.92. The van der Waals surface area contributed by atoms with Gasteiger partial charge in [0.15, 0.2) is 0 Å². The van der Waals surface area contributed by atoms with Crippen molar-refractivity contribution in [3.8, 4) is 0 Å². The average Bonchev–Trinajstić information content (AvgIpc) is 2.13. The van der Waals surface area contributed by atoms with Gasteiger partial charge in [-0.1, -0.05) is 5.23 Å². The Kier molecular flexibility index (Phi) is 1.58. The maximum absolute atomic E-state index is 12.4. The predicted octanol–water partition coefficient (Wildman–Crippen LogP) is -0.598. The highest BCUT2D eigenvalue weighted by Crippen LogP contribution is 2.11. The van der Waals surface area contributed by atoms with Gasteiger partial charge in [0.25, 0.3) is 0 Å². The Bertz CT molecular complexity index is 191. The third-order valence-electron chi connectivity index (χ3n) is 1.30.